The van der Waals surface area contributed by atoms with Gasteiger partial charge in [-0.1, -0.05) is 42.8 Å². The molecule has 0 heterocycles. The fourth-order valence-corrected chi connectivity index (χ4v) is 3.59. The molecule has 0 saturated carbocycles. The van der Waals surface area contributed by atoms with Crippen molar-refractivity contribution in [2.24, 2.45) is 0 Å². The van der Waals surface area contributed by atoms with Gasteiger partial charge in [0.25, 0.3) is 5.91 Å². The van der Waals surface area contributed by atoms with E-state index in [9.17, 15) is 9.59 Å². The number of likely N-dealkylation sites (N-methyl/N-ethyl adjacent to an activating group) is 1. The SMILES string of the molecule is CCNC(=O)C(CC)N(Cc1ccccc1Cl)C(=O)COc1cc(C)cc(C)c1C. The highest BCUT2D eigenvalue weighted by Gasteiger charge is 2.29. The molecule has 1 unspecified atom stereocenters. The van der Waals surface area contributed by atoms with Gasteiger partial charge in [-0.3, -0.25) is 9.59 Å². The molecule has 1 atom stereocenters. The summed E-state index contributed by atoms with van der Waals surface area (Å²) in [7, 11) is 0. The third kappa shape index (κ3) is 5.99. The van der Waals surface area contributed by atoms with E-state index in [2.05, 4.69) is 11.4 Å². The van der Waals surface area contributed by atoms with Crippen molar-refractivity contribution in [3.05, 3.63) is 63.7 Å². The number of carbonyl (C=O) groups is 2. The molecule has 6 heteroatoms. The normalized spacial score (nSPS) is 11.7. The summed E-state index contributed by atoms with van der Waals surface area (Å²) in [5.41, 5.74) is 3.97. The molecule has 0 saturated heterocycles. The minimum absolute atomic E-state index is 0.149. The first-order valence-electron chi connectivity index (χ1n) is 10.3. The highest BCUT2D eigenvalue weighted by molar-refractivity contribution is 6.31. The standard InChI is InChI=1S/C24H31ClN2O3/c1-6-21(24(29)26-7-2)27(14-19-10-8-9-11-20(19)25)23(28)15-30-22-13-16(3)12-17(4)18(22)5/h8-13,21H,6-7,14-15H2,1-5H3,(H,26,29). The zero-order chi connectivity index (χ0) is 22.3. The van der Waals surface area contributed by atoms with E-state index in [1.165, 1.54) is 0 Å². The average molecular weight is 431 g/mol. The van der Waals surface area contributed by atoms with Crippen molar-refractivity contribution in [2.45, 2.75) is 53.6 Å². The summed E-state index contributed by atoms with van der Waals surface area (Å²) < 4.78 is 5.89. The Balaban J connectivity index is 2.27. The van der Waals surface area contributed by atoms with Crippen LogP contribution in [0.2, 0.25) is 5.02 Å². The van der Waals surface area contributed by atoms with Crippen LogP contribution in [0.25, 0.3) is 0 Å². The molecule has 0 spiro atoms. The molecular weight excluding hydrogens is 400 g/mol. The fraction of sp³-hybridized carbons (Fsp3) is 0.417. The Morgan fingerprint density at radius 2 is 1.83 bits per heavy atom. The quantitative estimate of drug-likeness (QED) is 0.633. The number of amides is 2. The van der Waals surface area contributed by atoms with Gasteiger partial charge in [0.1, 0.15) is 11.8 Å². The van der Waals surface area contributed by atoms with E-state index in [4.69, 9.17) is 16.3 Å². The molecule has 2 rings (SSSR count). The zero-order valence-corrected chi connectivity index (χ0v) is 19.2. The van der Waals surface area contributed by atoms with Gasteiger partial charge >= 0.3 is 0 Å². The average Bonchev–Trinajstić information content (AvgIpc) is 2.70. The van der Waals surface area contributed by atoms with Crippen molar-refractivity contribution < 1.29 is 14.3 Å². The number of ether oxygens (including phenoxy) is 1. The molecular formula is C24H31ClN2O3. The second-order valence-corrected chi connectivity index (χ2v) is 7.83. The van der Waals surface area contributed by atoms with Gasteiger partial charge in [-0.2, -0.15) is 0 Å². The molecule has 0 aliphatic rings. The summed E-state index contributed by atoms with van der Waals surface area (Å²) in [4.78, 5) is 27.4. The van der Waals surface area contributed by atoms with Crippen molar-refractivity contribution in [1.29, 1.82) is 0 Å². The van der Waals surface area contributed by atoms with Crippen molar-refractivity contribution in [3.8, 4) is 5.75 Å². The van der Waals surface area contributed by atoms with Gasteiger partial charge in [0.05, 0.1) is 0 Å². The number of hydrogen-bond donors (Lipinski definition) is 1. The van der Waals surface area contributed by atoms with Crippen LogP contribution in [0.4, 0.5) is 0 Å². The molecule has 0 aliphatic carbocycles. The molecule has 5 nitrogen and oxygen atoms in total. The van der Waals surface area contributed by atoms with Gasteiger partial charge < -0.3 is 15.0 Å². The first kappa shape index (κ1) is 23.7. The molecule has 1 N–H and O–H groups in total. The van der Waals surface area contributed by atoms with Gasteiger partial charge in [-0.05, 0) is 68.5 Å². The van der Waals surface area contributed by atoms with Crippen molar-refractivity contribution in [3.63, 3.8) is 0 Å². The third-order valence-electron chi connectivity index (χ3n) is 5.15. The molecule has 0 bridgehead atoms. The first-order valence-corrected chi connectivity index (χ1v) is 10.7. The Morgan fingerprint density at radius 1 is 1.13 bits per heavy atom. The summed E-state index contributed by atoms with van der Waals surface area (Å²) >= 11 is 6.32. The molecule has 0 aromatic heterocycles. The zero-order valence-electron chi connectivity index (χ0n) is 18.4. The van der Waals surface area contributed by atoms with Crippen LogP contribution in [-0.4, -0.2) is 35.9 Å². The fourth-order valence-electron chi connectivity index (χ4n) is 3.39. The number of rotatable bonds is 9. The maximum atomic E-state index is 13.2. The van der Waals surface area contributed by atoms with Crippen molar-refractivity contribution in [1.82, 2.24) is 10.2 Å². The predicted octanol–water partition coefficient (Wildman–Crippen LogP) is 4.59. The molecule has 0 aliphatic heterocycles. The van der Waals surface area contributed by atoms with E-state index >= 15 is 0 Å². The van der Waals surface area contributed by atoms with Crippen LogP contribution in [0.1, 0.15) is 42.5 Å². The van der Waals surface area contributed by atoms with E-state index in [0.717, 1.165) is 22.3 Å². The van der Waals surface area contributed by atoms with E-state index in [1.807, 2.05) is 58.9 Å². The van der Waals surface area contributed by atoms with E-state index < -0.39 is 6.04 Å². The first-order chi connectivity index (χ1) is 14.3. The highest BCUT2D eigenvalue weighted by Crippen LogP contribution is 2.24. The second-order valence-electron chi connectivity index (χ2n) is 7.43. The second kappa shape index (κ2) is 11.0. The monoisotopic (exact) mass is 430 g/mol. The highest BCUT2D eigenvalue weighted by atomic mass is 35.5. The van der Waals surface area contributed by atoms with Crippen LogP contribution in [0.15, 0.2) is 36.4 Å². The smallest absolute Gasteiger partial charge is 0.261 e. The summed E-state index contributed by atoms with van der Waals surface area (Å²) in [5, 5.41) is 3.39. The Morgan fingerprint density at radius 3 is 2.47 bits per heavy atom. The lowest BCUT2D eigenvalue weighted by Gasteiger charge is -2.30. The lowest BCUT2D eigenvalue weighted by Crippen LogP contribution is -2.50. The maximum Gasteiger partial charge on any atom is 0.261 e. The van der Waals surface area contributed by atoms with Crippen LogP contribution >= 0.6 is 11.6 Å². The number of halogens is 1. The number of hydrogen-bond acceptors (Lipinski definition) is 3. The molecule has 30 heavy (non-hydrogen) atoms. The summed E-state index contributed by atoms with van der Waals surface area (Å²) in [5.74, 6) is 0.249. The van der Waals surface area contributed by atoms with E-state index in [1.54, 1.807) is 11.0 Å². The van der Waals surface area contributed by atoms with E-state index in [-0.39, 0.29) is 25.0 Å². The Hall–Kier alpha value is -2.53. The summed E-state index contributed by atoms with van der Waals surface area (Å²) in [6.45, 7) is 10.3. The van der Waals surface area contributed by atoms with Crippen LogP contribution in [-0.2, 0) is 16.1 Å². The largest absolute Gasteiger partial charge is 0.483 e. The molecule has 0 fully saturated rings. The molecule has 2 aromatic carbocycles. The van der Waals surface area contributed by atoms with Gasteiger partial charge in [-0.25, -0.2) is 0 Å². The number of carbonyl (C=O) groups excluding carboxylic acids is 2. The molecule has 2 amide bonds. The van der Waals surface area contributed by atoms with Crippen LogP contribution in [0.3, 0.4) is 0 Å². The summed E-state index contributed by atoms with van der Waals surface area (Å²) in [6.07, 6.45) is 0.491. The number of benzene rings is 2. The summed E-state index contributed by atoms with van der Waals surface area (Å²) in [6, 6.07) is 10.8. The number of nitrogens with zero attached hydrogens (tertiary/aromatic N) is 1. The molecule has 2 aromatic rings. The lowest BCUT2D eigenvalue weighted by molar-refractivity contribution is -0.142. The van der Waals surface area contributed by atoms with Gasteiger partial charge in [0.2, 0.25) is 5.91 Å². The minimum atomic E-state index is -0.599. The predicted molar refractivity (Wildman–Crippen MR) is 121 cm³/mol. The van der Waals surface area contributed by atoms with Crippen molar-refractivity contribution >= 4 is 23.4 Å². The van der Waals surface area contributed by atoms with Crippen molar-refractivity contribution in [2.75, 3.05) is 13.2 Å². The minimum Gasteiger partial charge on any atom is -0.483 e. The Labute approximate surface area is 184 Å². The van der Waals surface area contributed by atoms with Gasteiger partial charge in [0.15, 0.2) is 6.61 Å². The van der Waals surface area contributed by atoms with Crippen LogP contribution in [0.5, 0.6) is 5.75 Å². The Bertz CT molecular complexity index is 898. The lowest BCUT2D eigenvalue weighted by atomic mass is 10.1. The molecule has 0 radical (unpaired) electrons. The number of aryl methyl sites for hydroxylation is 2. The van der Waals surface area contributed by atoms with Gasteiger partial charge in [0, 0.05) is 18.1 Å². The van der Waals surface area contributed by atoms with Crippen LogP contribution < -0.4 is 10.1 Å². The maximum absolute atomic E-state index is 13.2. The third-order valence-corrected chi connectivity index (χ3v) is 5.52. The van der Waals surface area contributed by atoms with Gasteiger partial charge in [-0.15, -0.1) is 0 Å². The number of nitrogens with one attached hydrogen (secondary N) is 1. The molecule has 162 valence electrons. The van der Waals surface area contributed by atoms with E-state index in [0.29, 0.717) is 23.7 Å². The Kier molecular flexibility index (Phi) is 8.72. The van der Waals surface area contributed by atoms with Crippen LogP contribution in [0, 0.1) is 20.8 Å². The topological polar surface area (TPSA) is 58.6 Å².